The molecule has 300 valence electrons. The zero-order chi connectivity index (χ0) is 42.3. The van der Waals surface area contributed by atoms with Gasteiger partial charge in [-0.2, -0.15) is 0 Å². The number of benzene rings is 10. The SMILES string of the molecule is c1ccc(-n2c3ccccc3c3c(-c4nc5ccc6ccccc6c5nc4-n4c5ccccc5c5c6c7c(cc54)c4ccccc4n7-c4ccccc4-c4ccccc4-6)cccc32)cc1. The van der Waals surface area contributed by atoms with Crippen LogP contribution in [0.1, 0.15) is 0 Å². The molecule has 5 heterocycles. The third kappa shape index (κ3) is 4.60. The zero-order valence-corrected chi connectivity index (χ0v) is 34.9. The molecule has 0 bridgehead atoms. The maximum atomic E-state index is 5.88. The first kappa shape index (κ1) is 34.7. The maximum Gasteiger partial charge on any atom is 0.165 e. The summed E-state index contributed by atoms with van der Waals surface area (Å²) in [5, 5.41) is 9.31. The molecular weight excluding hydrogens is 791 g/mol. The molecule has 0 amide bonds. The lowest BCUT2D eigenvalue weighted by atomic mass is 9.91. The Balaban J connectivity index is 1.16. The van der Waals surface area contributed by atoms with E-state index in [1.54, 1.807) is 0 Å². The zero-order valence-electron chi connectivity index (χ0n) is 34.9. The maximum absolute atomic E-state index is 5.88. The molecule has 65 heavy (non-hydrogen) atoms. The van der Waals surface area contributed by atoms with Crippen LogP contribution in [0, 0.1) is 0 Å². The van der Waals surface area contributed by atoms with Crippen molar-refractivity contribution in [3.8, 4) is 50.7 Å². The standard InChI is InChI=1S/C60H35N5/c1-2-18-37(19-3-1)63-50-30-14-10-25-43(50)54-45(27-16-32-52(54)63)58-60(62-57-38-20-5-4-17-36(38)33-34-47(57)61-58)65-51-31-15-11-26-44(51)55-53(65)35-46-41-23-9-13-29-49(41)64-48-28-12-8-22-40(48)39-21-6-7-24-42(39)56(55)59(46)64/h1-35H. The van der Waals surface area contributed by atoms with Crippen LogP contribution in [0.25, 0.3) is 138 Å². The van der Waals surface area contributed by atoms with E-state index in [1.165, 1.54) is 65.9 Å². The summed E-state index contributed by atoms with van der Waals surface area (Å²) in [5.41, 5.74) is 17.6. The van der Waals surface area contributed by atoms with E-state index in [1.807, 2.05) is 0 Å². The van der Waals surface area contributed by atoms with Crippen molar-refractivity contribution in [2.24, 2.45) is 0 Å². The molecule has 0 N–H and O–H groups in total. The van der Waals surface area contributed by atoms with Crippen molar-refractivity contribution in [3.05, 3.63) is 212 Å². The highest BCUT2D eigenvalue weighted by Crippen LogP contribution is 2.52. The Labute approximate surface area is 372 Å². The molecule has 5 nitrogen and oxygen atoms in total. The highest BCUT2D eigenvalue weighted by Gasteiger charge is 2.30. The van der Waals surface area contributed by atoms with Gasteiger partial charge in [0, 0.05) is 60.1 Å². The van der Waals surface area contributed by atoms with Crippen LogP contribution in [0.5, 0.6) is 0 Å². The van der Waals surface area contributed by atoms with Crippen LogP contribution in [-0.4, -0.2) is 23.7 Å². The average Bonchev–Trinajstić information content (AvgIpc) is 3.98. The van der Waals surface area contributed by atoms with Gasteiger partial charge >= 0.3 is 0 Å². The molecule has 1 aliphatic heterocycles. The van der Waals surface area contributed by atoms with E-state index < -0.39 is 0 Å². The summed E-state index contributed by atoms with van der Waals surface area (Å²) >= 11 is 0. The third-order valence-electron chi connectivity index (χ3n) is 13.9. The van der Waals surface area contributed by atoms with Gasteiger partial charge < -0.3 is 9.13 Å². The lowest BCUT2D eigenvalue weighted by Crippen LogP contribution is -2.04. The molecule has 1 aliphatic rings. The molecule has 10 aromatic carbocycles. The molecule has 0 unspecified atom stereocenters. The van der Waals surface area contributed by atoms with Crippen LogP contribution >= 0.6 is 0 Å². The summed E-state index contributed by atoms with van der Waals surface area (Å²) < 4.78 is 7.32. The Kier molecular flexibility index (Phi) is 6.89. The first-order valence-corrected chi connectivity index (χ1v) is 22.3. The highest BCUT2D eigenvalue weighted by molar-refractivity contribution is 6.29. The Morgan fingerprint density at radius 3 is 1.75 bits per heavy atom. The number of hydrogen-bond acceptors (Lipinski definition) is 2. The highest BCUT2D eigenvalue weighted by atomic mass is 15.1. The van der Waals surface area contributed by atoms with Gasteiger partial charge in [-0.1, -0.05) is 158 Å². The van der Waals surface area contributed by atoms with Crippen LogP contribution in [0.4, 0.5) is 0 Å². The van der Waals surface area contributed by atoms with Crippen molar-refractivity contribution >= 4 is 87.2 Å². The minimum absolute atomic E-state index is 0.796. The van der Waals surface area contributed by atoms with Gasteiger partial charge in [-0.3, -0.25) is 4.57 Å². The summed E-state index contributed by atoms with van der Waals surface area (Å²) in [6.45, 7) is 0. The van der Waals surface area contributed by atoms with Crippen molar-refractivity contribution in [2.75, 3.05) is 0 Å². The quantitative estimate of drug-likeness (QED) is 0.167. The number of fused-ring (bicyclic) bond motifs is 18. The molecule has 0 spiro atoms. The van der Waals surface area contributed by atoms with E-state index in [0.717, 1.165) is 72.0 Å². The molecule has 5 heteroatoms. The first-order valence-electron chi connectivity index (χ1n) is 22.3. The lowest BCUT2D eigenvalue weighted by Gasteiger charge is -2.16. The van der Waals surface area contributed by atoms with E-state index in [2.05, 4.69) is 226 Å². The van der Waals surface area contributed by atoms with Gasteiger partial charge in [-0.25, -0.2) is 9.97 Å². The first-order chi connectivity index (χ1) is 32.3. The van der Waals surface area contributed by atoms with Crippen molar-refractivity contribution in [3.63, 3.8) is 0 Å². The Hall–Kier alpha value is -8.80. The van der Waals surface area contributed by atoms with Gasteiger partial charge in [0.15, 0.2) is 5.82 Å². The van der Waals surface area contributed by atoms with Crippen molar-refractivity contribution in [1.82, 2.24) is 23.7 Å². The number of rotatable bonds is 3. The van der Waals surface area contributed by atoms with Crippen LogP contribution in [0.2, 0.25) is 0 Å². The topological polar surface area (TPSA) is 40.6 Å². The molecule has 0 fully saturated rings. The minimum atomic E-state index is 0.796. The number of para-hydroxylation sites is 5. The normalized spacial score (nSPS) is 12.3. The number of aromatic nitrogens is 5. The molecular formula is C60H35N5. The van der Waals surface area contributed by atoms with Crippen molar-refractivity contribution < 1.29 is 0 Å². The van der Waals surface area contributed by atoms with Gasteiger partial charge in [-0.05, 0) is 71.1 Å². The molecule has 0 atom stereocenters. The lowest BCUT2D eigenvalue weighted by molar-refractivity contribution is 1.08. The van der Waals surface area contributed by atoms with Gasteiger partial charge in [0.1, 0.15) is 5.69 Å². The van der Waals surface area contributed by atoms with Crippen molar-refractivity contribution in [2.45, 2.75) is 0 Å². The second-order valence-corrected chi connectivity index (χ2v) is 17.2. The van der Waals surface area contributed by atoms with Crippen LogP contribution in [-0.2, 0) is 0 Å². The fourth-order valence-corrected chi connectivity index (χ4v) is 11.3. The van der Waals surface area contributed by atoms with Gasteiger partial charge in [-0.15, -0.1) is 0 Å². The number of nitrogens with zero attached hydrogens (tertiary/aromatic N) is 5. The predicted molar refractivity (Wildman–Crippen MR) is 270 cm³/mol. The van der Waals surface area contributed by atoms with Crippen LogP contribution in [0.15, 0.2) is 212 Å². The minimum Gasteiger partial charge on any atom is -0.309 e. The van der Waals surface area contributed by atoms with Crippen molar-refractivity contribution in [1.29, 1.82) is 0 Å². The summed E-state index contributed by atoms with van der Waals surface area (Å²) in [6, 6.07) is 77.0. The van der Waals surface area contributed by atoms with Gasteiger partial charge in [0.25, 0.3) is 0 Å². The van der Waals surface area contributed by atoms with E-state index in [-0.39, 0.29) is 0 Å². The fourth-order valence-electron chi connectivity index (χ4n) is 11.3. The Morgan fingerprint density at radius 1 is 0.338 bits per heavy atom. The van der Waals surface area contributed by atoms with Gasteiger partial charge in [0.05, 0.1) is 49.8 Å². The summed E-state index contributed by atoms with van der Waals surface area (Å²) in [7, 11) is 0. The molecule has 4 aromatic heterocycles. The monoisotopic (exact) mass is 825 g/mol. The average molecular weight is 826 g/mol. The van der Waals surface area contributed by atoms with Crippen LogP contribution < -0.4 is 0 Å². The molecule has 15 rings (SSSR count). The molecule has 0 aliphatic carbocycles. The summed E-state index contributed by atoms with van der Waals surface area (Å²) in [6.07, 6.45) is 0. The third-order valence-corrected chi connectivity index (χ3v) is 13.9. The van der Waals surface area contributed by atoms with E-state index >= 15 is 0 Å². The van der Waals surface area contributed by atoms with Gasteiger partial charge in [0.2, 0.25) is 0 Å². The Morgan fingerprint density at radius 2 is 0.938 bits per heavy atom. The van der Waals surface area contributed by atoms with E-state index in [4.69, 9.17) is 9.97 Å². The number of hydrogen-bond donors (Lipinski definition) is 0. The fraction of sp³-hybridized carbons (Fsp3) is 0. The molecule has 0 saturated heterocycles. The predicted octanol–water partition coefficient (Wildman–Crippen LogP) is 15.4. The summed E-state index contributed by atoms with van der Waals surface area (Å²) in [4.78, 5) is 11.6. The second-order valence-electron chi connectivity index (χ2n) is 17.2. The van der Waals surface area contributed by atoms with E-state index in [9.17, 15) is 0 Å². The van der Waals surface area contributed by atoms with Crippen LogP contribution in [0.3, 0.4) is 0 Å². The van der Waals surface area contributed by atoms with E-state index in [0.29, 0.717) is 0 Å². The smallest absolute Gasteiger partial charge is 0.165 e. The Bertz CT molecular complexity index is 4360. The molecule has 0 radical (unpaired) electrons. The summed E-state index contributed by atoms with van der Waals surface area (Å²) in [5.74, 6) is 0.796. The molecule has 14 aromatic rings. The second kappa shape index (κ2) is 12.9. The molecule has 0 saturated carbocycles. The largest absolute Gasteiger partial charge is 0.309 e.